The molecule has 1 aromatic rings. The quantitative estimate of drug-likeness (QED) is 0.564. The fourth-order valence-corrected chi connectivity index (χ4v) is 2.67. The van der Waals surface area contributed by atoms with Gasteiger partial charge in [-0.2, -0.15) is 4.89 Å². The summed E-state index contributed by atoms with van der Waals surface area (Å²) in [4.78, 5) is 9.33. The van der Waals surface area contributed by atoms with Crippen molar-refractivity contribution >= 4 is 8.03 Å². The molecule has 1 aromatic carbocycles. The van der Waals surface area contributed by atoms with Crippen molar-refractivity contribution in [1.82, 2.24) is 0 Å². The number of hydrogen-bond acceptors (Lipinski definition) is 1. The monoisotopic (exact) mass is 239 g/mol. The molecule has 3 heteroatoms. The van der Waals surface area contributed by atoms with Crippen LogP contribution in [0.5, 0.6) is 0 Å². The maximum Gasteiger partial charge on any atom is 0.513 e. The average Bonchev–Trinajstić information content (AvgIpc) is 2.30. The molecule has 16 heavy (non-hydrogen) atoms. The Morgan fingerprint density at radius 1 is 1.19 bits per heavy atom. The summed E-state index contributed by atoms with van der Waals surface area (Å²) in [5.74, 6) is 0. The van der Waals surface area contributed by atoms with Crippen LogP contribution in [0.25, 0.3) is 0 Å². The summed E-state index contributed by atoms with van der Waals surface area (Å²) in [7, 11) is -2.11. The lowest BCUT2D eigenvalue weighted by molar-refractivity contribution is 0.480. The molecule has 2 unspecified atom stereocenters. The van der Waals surface area contributed by atoms with Crippen molar-refractivity contribution < 1.29 is 9.46 Å². The fourth-order valence-electron chi connectivity index (χ4n) is 1.84. The Morgan fingerprint density at radius 3 is 2.44 bits per heavy atom. The van der Waals surface area contributed by atoms with Gasteiger partial charge in [-0.1, -0.05) is 56.5 Å². The first kappa shape index (κ1) is 13.3. The maximum atomic E-state index is 11.3. The predicted octanol–water partition coefficient (Wildman–Crippen LogP) is 4.43. The van der Waals surface area contributed by atoms with Gasteiger partial charge in [0.25, 0.3) is 0 Å². The molecule has 0 aliphatic rings. The third-order valence-corrected chi connectivity index (χ3v) is 3.87. The standard InChI is InChI=1S/C13H19O2P/c1-2-3-4-8-11-13(16(14)15)12-9-6-5-7-10-12/h5-7,9-10,13H,2-4,8,11H2,1H3/p+1. The van der Waals surface area contributed by atoms with Crippen molar-refractivity contribution in [3.8, 4) is 0 Å². The Bertz CT molecular complexity index is 311. The maximum absolute atomic E-state index is 11.3. The zero-order valence-corrected chi connectivity index (χ0v) is 10.7. The lowest BCUT2D eigenvalue weighted by Crippen LogP contribution is -1.94. The third-order valence-electron chi connectivity index (χ3n) is 2.78. The van der Waals surface area contributed by atoms with E-state index < -0.39 is 8.03 Å². The van der Waals surface area contributed by atoms with Crippen LogP contribution in [0.4, 0.5) is 0 Å². The van der Waals surface area contributed by atoms with Gasteiger partial charge in [-0.3, -0.25) is 0 Å². The highest BCUT2D eigenvalue weighted by Crippen LogP contribution is 2.41. The molecule has 1 N–H and O–H groups in total. The van der Waals surface area contributed by atoms with E-state index in [1.165, 1.54) is 12.8 Å². The van der Waals surface area contributed by atoms with E-state index in [4.69, 9.17) is 0 Å². The van der Waals surface area contributed by atoms with Crippen molar-refractivity contribution in [2.75, 3.05) is 0 Å². The van der Waals surface area contributed by atoms with Crippen molar-refractivity contribution in [3.05, 3.63) is 35.9 Å². The molecule has 0 aliphatic carbocycles. The van der Waals surface area contributed by atoms with Gasteiger partial charge in [-0.25, -0.2) is 0 Å². The molecule has 0 radical (unpaired) electrons. The largest absolute Gasteiger partial charge is 0.513 e. The second-order valence-electron chi connectivity index (χ2n) is 4.08. The third kappa shape index (κ3) is 4.42. The number of unbranched alkanes of at least 4 members (excludes halogenated alkanes) is 3. The molecular formula is C13H20O2P+. The highest BCUT2D eigenvalue weighted by molar-refractivity contribution is 7.38. The highest BCUT2D eigenvalue weighted by Gasteiger charge is 2.29. The summed E-state index contributed by atoms with van der Waals surface area (Å²) >= 11 is 0. The smallest absolute Gasteiger partial charge is 0.160 e. The topological polar surface area (TPSA) is 37.3 Å². The van der Waals surface area contributed by atoms with E-state index in [0.717, 1.165) is 24.8 Å². The summed E-state index contributed by atoms with van der Waals surface area (Å²) in [6.07, 6.45) is 5.42. The molecule has 2 nitrogen and oxygen atoms in total. The fraction of sp³-hybridized carbons (Fsp3) is 0.538. The van der Waals surface area contributed by atoms with Crippen LogP contribution < -0.4 is 0 Å². The zero-order chi connectivity index (χ0) is 11.8. The summed E-state index contributed by atoms with van der Waals surface area (Å²) in [6.45, 7) is 2.17. The first-order chi connectivity index (χ1) is 7.75. The van der Waals surface area contributed by atoms with Crippen LogP contribution in [0.1, 0.15) is 50.3 Å². The molecular weight excluding hydrogens is 219 g/mol. The Balaban J connectivity index is 2.52. The van der Waals surface area contributed by atoms with Crippen LogP contribution in [-0.4, -0.2) is 4.89 Å². The van der Waals surface area contributed by atoms with Gasteiger partial charge in [0.2, 0.25) is 5.66 Å². The van der Waals surface area contributed by atoms with Crippen LogP contribution in [0, 0.1) is 0 Å². The van der Waals surface area contributed by atoms with Crippen LogP contribution in [0.3, 0.4) is 0 Å². The lowest BCUT2D eigenvalue weighted by atomic mass is 10.1. The molecule has 1 rings (SSSR count). The second kappa shape index (κ2) is 7.54. The van der Waals surface area contributed by atoms with Gasteiger partial charge >= 0.3 is 8.03 Å². The molecule has 0 saturated heterocycles. The highest BCUT2D eigenvalue weighted by atomic mass is 31.1. The van der Waals surface area contributed by atoms with Crippen molar-refractivity contribution in [3.63, 3.8) is 0 Å². The minimum Gasteiger partial charge on any atom is -0.160 e. The predicted molar refractivity (Wildman–Crippen MR) is 67.8 cm³/mol. The van der Waals surface area contributed by atoms with Crippen molar-refractivity contribution in [2.24, 2.45) is 0 Å². The van der Waals surface area contributed by atoms with Gasteiger partial charge in [0.1, 0.15) is 0 Å². The molecule has 2 atom stereocenters. The van der Waals surface area contributed by atoms with E-state index in [9.17, 15) is 9.46 Å². The van der Waals surface area contributed by atoms with E-state index in [2.05, 4.69) is 6.92 Å². The SMILES string of the molecule is CCCCCCC(c1ccccc1)[P+](=O)O. The molecule has 0 aromatic heterocycles. The van der Waals surface area contributed by atoms with E-state index in [1.54, 1.807) is 0 Å². The van der Waals surface area contributed by atoms with Gasteiger partial charge < -0.3 is 0 Å². The number of hydrogen-bond donors (Lipinski definition) is 1. The van der Waals surface area contributed by atoms with Gasteiger partial charge in [0.05, 0.1) is 0 Å². The first-order valence-corrected chi connectivity index (χ1v) is 7.24. The Kier molecular flexibility index (Phi) is 6.29. The van der Waals surface area contributed by atoms with E-state index in [0.29, 0.717) is 0 Å². The summed E-state index contributed by atoms with van der Waals surface area (Å²) in [6, 6.07) is 9.66. The Labute approximate surface area is 98.6 Å². The zero-order valence-electron chi connectivity index (χ0n) is 9.80. The van der Waals surface area contributed by atoms with Gasteiger partial charge in [0, 0.05) is 12.0 Å². The summed E-state index contributed by atoms with van der Waals surface area (Å²) < 4.78 is 11.3. The summed E-state index contributed by atoms with van der Waals surface area (Å²) in [5.41, 5.74) is 0.802. The molecule has 0 fully saturated rings. The first-order valence-electron chi connectivity index (χ1n) is 5.96. The van der Waals surface area contributed by atoms with Gasteiger partial charge in [0.15, 0.2) is 0 Å². The Hall–Kier alpha value is -0.720. The lowest BCUT2D eigenvalue weighted by Gasteiger charge is -2.04. The number of benzene rings is 1. The number of rotatable bonds is 7. The van der Waals surface area contributed by atoms with Gasteiger partial charge in [-0.15, -0.1) is 0 Å². The molecule has 0 spiro atoms. The van der Waals surface area contributed by atoms with Crippen LogP contribution >= 0.6 is 8.03 Å². The van der Waals surface area contributed by atoms with E-state index >= 15 is 0 Å². The molecule has 0 saturated carbocycles. The van der Waals surface area contributed by atoms with Crippen LogP contribution in [0.2, 0.25) is 0 Å². The second-order valence-corrected chi connectivity index (χ2v) is 5.31. The van der Waals surface area contributed by atoms with Crippen LogP contribution in [0.15, 0.2) is 30.3 Å². The minimum absolute atomic E-state index is 0.187. The molecule has 88 valence electrons. The van der Waals surface area contributed by atoms with Crippen molar-refractivity contribution in [1.29, 1.82) is 0 Å². The minimum atomic E-state index is -2.11. The van der Waals surface area contributed by atoms with Crippen molar-refractivity contribution in [2.45, 2.75) is 44.7 Å². The van der Waals surface area contributed by atoms with Gasteiger partial charge in [-0.05, 0) is 11.0 Å². The molecule has 0 amide bonds. The average molecular weight is 239 g/mol. The Morgan fingerprint density at radius 2 is 1.88 bits per heavy atom. The summed E-state index contributed by atoms with van der Waals surface area (Å²) in [5, 5.41) is 0. The van der Waals surface area contributed by atoms with E-state index in [1.807, 2.05) is 30.3 Å². The molecule has 0 heterocycles. The van der Waals surface area contributed by atoms with E-state index in [-0.39, 0.29) is 5.66 Å². The molecule has 0 bridgehead atoms. The molecule has 0 aliphatic heterocycles. The normalized spacial score (nSPS) is 13.5. The van der Waals surface area contributed by atoms with Crippen LogP contribution in [-0.2, 0) is 4.57 Å².